The Morgan fingerprint density at radius 3 is 2.61 bits per heavy atom. The number of carbonyl (C=O) groups excluding carboxylic acids is 2. The highest BCUT2D eigenvalue weighted by atomic mass is 35.5. The number of carbonyl (C=O) groups is 2. The predicted octanol–water partition coefficient (Wildman–Crippen LogP) is 3.92. The minimum Gasteiger partial charge on any atom is -0.548 e. The van der Waals surface area contributed by atoms with E-state index >= 15 is 0 Å². The molecule has 2 aromatic carbocycles. The van der Waals surface area contributed by atoms with E-state index in [4.69, 9.17) is 44.9 Å². The Balaban J connectivity index is 1.79. The topological polar surface area (TPSA) is 78.9 Å². The van der Waals surface area contributed by atoms with Gasteiger partial charge in [-0.25, -0.2) is 0 Å². The van der Waals surface area contributed by atoms with Gasteiger partial charge in [0.1, 0.15) is 10.9 Å². The minimum absolute atomic E-state index is 0.173. The third-order valence-electron chi connectivity index (χ3n) is 4.10. The molecule has 0 saturated carbocycles. The molecule has 1 saturated heterocycles. The van der Waals surface area contributed by atoms with E-state index in [2.05, 4.69) is 0 Å². The van der Waals surface area contributed by atoms with Crippen LogP contribution in [0.5, 0.6) is 11.5 Å². The summed E-state index contributed by atoms with van der Waals surface area (Å²) in [6, 6.07) is 10.5. The zero-order valence-electron chi connectivity index (χ0n) is 16.2. The lowest BCUT2D eigenvalue weighted by Crippen LogP contribution is -2.40. The van der Waals surface area contributed by atoms with E-state index in [-0.39, 0.29) is 10.9 Å². The van der Waals surface area contributed by atoms with Gasteiger partial charge < -0.3 is 19.4 Å². The number of benzene rings is 2. The van der Waals surface area contributed by atoms with Crippen molar-refractivity contribution < 1.29 is 24.2 Å². The number of thiocarbonyl (C=S) groups is 1. The van der Waals surface area contributed by atoms with Crippen LogP contribution in [0.25, 0.3) is 6.08 Å². The van der Waals surface area contributed by atoms with Crippen LogP contribution < -0.4 is 14.6 Å². The van der Waals surface area contributed by atoms with E-state index < -0.39 is 18.4 Å². The van der Waals surface area contributed by atoms with Crippen molar-refractivity contribution in [2.45, 2.75) is 13.5 Å². The normalized spacial score (nSPS) is 14.9. The van der Waals surface area contributed by atoms with Crippen LogP contribution in [0.2, 0.25) is 10.0 Å². The zero-order valence-corrected chi connectivity index (χ0v) is 19.4. The summed E-state index contributed by atoms with van der Waals surface area (Å²) in [5, 5.41) is 11.7. The molecule has 1 aliphatic rings. The van der Waals surface area contributed by atoms with Gasteiger partial charge >= 0.3 is 0 Å². The van der Waals surface area contributed by atoms with E-state index in [1.807, 2.05) is 13.0 Å². The van der Waals surface area contributed by atoms with E-state index in [0.717, 1.165) is 22.2 Å². The summed E-state index contributed by atoms with van der Waals surface area (Å²) in [5.41, 5.74) is 1.52. The Hall–Kier alpha value is -2.26. The lowest BCUT2D eigenvalue weighted by molar-refractivity contribution is -0.305. The van der Waals surface area contributed by atoms with E-state index in [1.54, 1.807) is 36.4 Å². The van der Waals surface area contributed by atoms with Crippen molar-refractivity contribution in [2.24, 2.45) is 0 Å². The number of hydrogen-bond donors (Lipinski definition) is 0. The van der Waals surface area contributed by atoms with Crippen molar-refractivity contribution in [1.29, 1.82) is 0 Å². The minimum atomic E-state index is -1.38. The number of thioether (sulfide) groups is 1. The number of ether oxygens (including phenoxy) is 2. The molecule has 31 heavy (non-hydrogen) atoms. The molecule has 1 fully saturated rings. The summed E-state index contributed by atoms with van der Waals surface area (Å²) in [7, 11) is 0. The molecule has 0 atom stereocenters. The van der Waals surface area contributed by atoms with Gasteiger partial charge in [0.25, 0.3) is 5.91 Å². The smallest absolute Gasteiger partial charge is 0.266 e. The molecule has 1 amide bonds. The average Bonchev–Trinajstić information content (AvgIpc) is 2.97. The highest BCUT2D eigenvalue weighted by molar-refractivity contribution is 8.26. The van der Waals surface area contributed by atoms with E-state index in [9.17, 15) is 14.7 Å². The molecule has 162 valence electrons. The van der Waals surface area contributed by atoms with Gasteiger partial charge in [-0.05, 0) is 48.4 Å². The largest absolute Gasteiger partial charge is 0.548 e. The fraction of sp³-hybridized carbons (Fsp3) is 0.190. The predicted molar refractivity (Wildman–Crippen MR) is 123 cm³/mol. The van der Waals surface area contributed by atoms with E-state index in [1.165, 1.54) is 0 Å². The van der Waals surface area contributed by atoms with Crippen LogP contribution in [0.1, 0.15) is 18.1 Å². The molecule has 0 bridgehead atoms. The fourth-order valence-corrected chi connectivity index (χ4v) is 4.29. The maximum Gasteiger partial charge on any atom is 0.266 e. The van der Waals surface area contributed by atoms with Crippen molar-refractivity contribution in [3.63, 3.8) is 0 Å². The maximum atomic E-state index is 12.4. The second-order valence-electron chi connectivity index (χ2n) is 6.32. The van der Waals surface area contributed by atoms with Gasteiger partial charge in [-0.1, -0.05) is 59.3 Å². The number of amides is 1. The number of rotatable bonds is 8. The molecule has 0 aliphatic carbocycles. The third kappa shape index (κ3) is 5.92. The Kier molecular flexibility index (Phi) is 7.83. The van der Waals surface area contributed by atoms with Crippen LogP contribution in [0.4, 0.5) is 0 Å². The van der Waals surface area contributed by atoms with Gasteiger partial charge in [-0.3, -0.25) is 9.69 Å². The molecule has 0 N–H and O–H groups in total. The van der Waals surface area contributed by atoms with Gasteiger partial charge in [-0.15, -0.1) is 0 Å². The van der Waals surface area contributed by atoms with Gasteiger partial charge in [0.2, 0.25) is 0 Å². The molecular formula is C21H16Cl2NO5S2-. The molecule has 0 aromatic heterocycles. The Morgan fingerprint density at radius 2 is 1.94 bits per heavy atom. The maximum absolute atomic E-state index is 12.4. The average molecular weight is 497 g/mol. The zero-order chi connectivity index (χ0) is 22.5. The summed E-state index contributed by atoms with van der Waals surface area (Å²) < 4.78 is 11.7. The second-order valence-corrected chi connectivity index (χ2v) is 8.81. The Bertz CT molecular complexity index is 1070. The van der Waals surface area contributed by atoms with Crippen LogP contribution in [0, 0.1) is 0 Å². The molecule has 0 radical (unpaired) electrons. The summed E-state index contributed by atoms with van der Waals surface area (Å²) in [5.74, 6) is -0.826. The molecule has 6 nitrogen and oxygen atoms in total. The van der Waals surface area contributed by atoms with Crippen LogP contribution in [-0.2, 0) is 16.2 Å². The monoisotopic (exact) mass is 496 g/mol. The van der Waals surface area contributed by atoms with Crippen LogP contribution >= 0.6 is 47.2 Å². The van der Waals surface area contributed by atoms with Crippen molar-refractivity contribution in [2.75, 3.05) is 13.2 Å². The first-order valence-corrected chi connectivity index (χ1v) is 11.1. The molecule has 1 aliphatic heterocycles. The summed E-state index contributed by atoms with van der Waals surface area (Å²) in [6.45, 7) is 1.95. The van der Waals surface area contributed by atoms with Crippen LogP contribution in [0.3, 0.4) is 0 Å². The molecule has 2 aromatic rings. The van der Waals surface area contributed by atoms with Gasteiger partial charge in [0.15, 0.2) is 11.5 Å². The van der Waals surface area contributed by atoms with Crippen molar-refractivity contribution >= 4 is 69.5 Å². The molecule has 10 heteroatoms. The van der Waals surface area contributed by atoms with Crippen molar-refractivity contribution in [3.05, 3.63) is 62.5 Å². The van der Waals surface area contributed by atoms with Gasteiger partial charge in [0, 0.05) is 0 Å². The highest BCUT2D eigenvalue weighted by Gasteiger charge is 2.31. The number of aliphatic carboxylic acids is 1. The number of hydrogen-bond acceptors (Lipinski definition) is 7. The first-order chi connectivity index (χ1) is 14.8. The molecule has 1 heterocycles. The second kappa shape index (κ2) is 10.4. The standard InChI is InChI=1S/C21H17Cl2NO5S2/c1-2-28-17-8-12(9-18-20(27)24(10-19(25)26)21(30)31-18)4-6-16(17)29-11-13-3-5-14(22)15(23)7-13/h3-9H,2,10-11H2,1H3,(H,25,26)/p-1/b18-9-. The summed E-state index contributed by atoms with van der Waals surface area (Å²) in [4.78, 5) is 24.6. The van der Waals surface area contributed by atoms with Crippen molar-refractivity contribution in [1.82, 2.24) is 4.90 Å². The van der Waals surface area contributed by atoms with Crippen molar-refractivity contribution in [3.8, 4) is 11.5 Å². The summed E-state index contributed by atoms with van der Waals surface area (Å²) in [6.07, 6.45) is 1.62. The SMILES string of the molecule is CCOc1cc(/C=C2\SC(=S)N(CC(=O)[O-])C2=O)ccc1OCc1ccc(Cl)c(Cl)c1. The van der Waals surface area contributed by atoms with E-state index in [0.29, 0.717) is 38.6 Å². The Labute approximate surface area is 198 Å². The lowest BCUT2D eigenvalue weighted by atomic mass is 10.1. The first-order valence-electron chi connectivity index (χ1n) is 9.07. The van der Waals surface area contributed by atoms with Crippen LogP contribution in [-0.4, -0.2) is 34.2 Å². The number of halogens is 2. The molecular weight excluding hydrogens is 481 g/mol. The van der Waals surface area contributed by atoms with Gasteiger partial charge in [-0.2, -0.15) is 0 Å². The molecule has 0 unspecified atom stereocenters. The number of carboxylic acid groups (broad SMARTS) is 1. The Morgan fingerprint density at radius 1 is 1.16 bits per heavy atom. The number of nitrogens with zero attached hydrogens (tertiary/aromatic N) is 1. The quantitative estimate of drug-likeness (QED) is 0.404. The lowest BCUT2D eigenvalue weighted by Gasteiger charge is -2.14. The summed E-state index contributed by atoms with van der Waals surface area (Å²) >= 11 is 18.1. The fourth-order valence-electron chi connectivity index (χ4n) is 2.71. The molecule has 0 spiro atoms. The third-order valence-corrected chi connectivity index (χ3v) is 6.22. The number of carboxylic acids is 1. The molecule has 3 rings (SSSR count). The van der Waals surface area contributed by atoms with Gasteiger partial charge in [0.05, 0.1) is 34.1 Å². The first kappa shape index (κ1) is 23.4. The van der Waals surface area contributed by atoms with Crippen LogP contribution in [0.15, 0.2) is 41.3 Å². The highest BCUT2D eigenvalue weighted by Crippen LogP contribution is 2.35.